The smallest absolute Gasteiger partial charge is 0.129 e. The number of hydrogen-bond donors (Lipinski definition) is 0. The van der Waals surface area contributed by atoms with Gasteiger partial charge < -0.3 is 9.47 Å². The van der Waals surface area contributed by atoms with Gasteiger partial charge in [0.1, 0.15) is 18.1 Å². The number of methoxy groups -OCH3 is 1. The average molecular weight is 410 g/mol. The molecule has 0 spiro atoms. The lowest BCUT2D eigenvalue weighted by molar-refractivity contribution is 0.296. The largest absolute Gasteiger partial charge is 0.496 e. The van der Waals surface area contributed by atoms with E-state index < -0.39 is 0 Å². The minimum atomic E-state index is 0.386. The topological polar surface area (TPSA) is 31.4 Å². The molecule has 0 saturated carbocycles. The third kappa shape index (κ3) is 4.73. The van der Waals surface area contributed by atoms with Gasteiger partial charge in [0.25, 0.3) is 0 Å². The van der Waals surface area contributed by atoms with Crippen molar-refractivity contribution in [1.82, 2.24) is 4.98 Å². The number of hydrogen-bond acceptors (Lipinski definition) is 3. The first-order chi connectivity index (χ1) is 14.1. The van der Waals surface area contributed by atoms with E-state index in [-0.39, 0.29) is 0 Å². The first-order valence-electron chi connectivity index (χ1n) is 10.2. The van der Waals surface area contributed by atoms with Crippen LogP contribution in [0.5, 0.6) is 11.5 Å². The molecule has 3 nitrogen and oxygen atoms in total. The molecule has 1 heterocycles. The van der Waals surface area contributed by atoms with Gasteiger partial charge in [-0.15, -0.1) is 0 Å². The van der Waals surface area contributed by atoms with Crippen LogP contribution >= 0.6 is 11.6 Å². The van der Waals surface area contributed by atoms with Gasteiger partial charge in [-0.25, -0.2) is 0 Å². The van der Waals surface area contributed by atoms with E-state index in [4.69, 9.17) is 26.1 Å². The van der Waals surface area contributed by atoms with E-state index in [1.807, 2.05) is 30.5 Å². The Morgan fingerprint density at radius 2 is 1.55 bits per heavy atom. The van der Waals surface area contributed by atoms with Crippen molar-refractivity contribution in [2.45, 2.75) is 46.6 Å². The highest BCUT2D eigenvalue weighted by molar-refractivity contribution is 6.31. The summed E-state index contributed by atoms with van der Waals surface area (Å²) in [5.41, 5.74) is 6.75. The maximum atomic E-state index is 6.20. The van der Waals surface area contributed by atoms with E-state index in [9.17, 15) is 0 Å². The van der Waals surface area contributed by atoms with Crippen LogP contribution in [0.15, 0.2) is 48.7 Å². The first-order valence-corrected chi connectivity index (χ1v) is 10.5. The van der Waals surface area contributed by atoms with Crippen molar-refractivity contribution < 1.29 is 9.47 Å². The highest BCUT2D eigenvalue weighted by Crippen LogP contribution is 2.32. The van der Waals surface area contributed by atoms with Crippen LogP contribution in [-0.4, -0.2) is 12.1 Å². The maximum absolute atomic E-state index is 6.20. The number of rotatable bonds is 8. The lowest BCUT2D eigenvalue weighted by atomic mass is 9.94. The second-order valence-corrected chi connectivity index (χ2v) is 7.34. The van der Waals surface area contributed by atoms with E-state index in [0.29, 0.717) is 6.61 Å². The summed E-state index contributed by atoms with van der Waals surface area (Å²) in [7, 11) is 1.69. The zero-order chi connectivity index (χ0) is 20.8. The standard InChI is InChI=1S/C25H28ClNO2/c1-5-17-9-8-10-18(6-2)25(17)23-14-24(28-4)20(15-27-23)16-29-21-11-12-22(26)19(7-3)13-21/h8-15H,5-7,16H2,1-4H3. The molecule has 0 unspecified atom stereocenters. The molecule has 0 fully saturated rings. The summed E-state index contributed by atoms with van der Waals surface area (Å²) < 4.78 is 11.7. The summed E-state index contributed by atoms with van der Waals surface area (Å²) in [6, 6.07) is 14.2. The van der Waals surface area contributed by atoms with Crippen molar-refractivity contribution in [3.8, 4) is 22.8 Å². The van der Waals surface area contributed by atoms with E-state index in [0.717, 1.165) is 52.6 Å². The molecule has 0 bridgehead atoms. The lowest BCUT2D eigenvalue weighted by Crippen LogP contribution is -2.02. The zero-order valence-electron chi connectivity index (χ0n) is 17.6. The molecule has 0 radical (unpaired) electrons. The number of ether oxygens (including phenoxy) is 2. The predicted octanol–water partition coefficient (Wildman–Crippen LogP) is 6.68. The summed E-state index contributed by atoms with van der Waals surface area (Å²) in [5.74, 6) is 1.58. The van der Waals surface area contributed by atoms with Crippen LogP contribution < -0.4 is 9.47 Å². The van der Waals surface area contributed by atoms with Crippen molar-refractivity contribution >= 4 is 11.6 Å². The van der Waals surface area contributed by atoms with E-state index in [2.05, 4.69) is 39.0 Å². The van der Waals surface area contributed by atoms with Crippen molar-refractivity contribution in [1.29, 1.82) is 0 Å². The number of pyridine rings is 1. The van der Waals surface area contributed by atoms with E-state index in [1.54, 1.807) is 7.11 Å². The van der Waals surface area contributed by atoms with Crippen molar-refractivity contribution in [2.75, 3.05) is 7.11 Å². The van der Waals surface area contributed by atoms with Crippen LogP contribution in [-0.2, 0) is 25.9 Å². The summed E-state index contributed by atoms with van der Waals surface area (Å²) in [6.45, 7) is 6.81. The van der Waals surface area contributed by atoms with Gasteiger partial charge in [0, 0.05) is 28.4 Å². The number of nitrogens with zero attached hydrogens (tertiary/aromatic N) is 1. The van der Waals surface area contributed by atoms with Crippen molar-refractivity contribution in [3.63, 3.8) is 0 Å². The Balaban J connectivity index is 1.89. The number of halogens is 1. The SMILES string of the molecule is CCc1cc(OCc2cnc(-c3c(CC)cccc3CC)cc2OC)ccc1Cl. The number of aromatic nitrogens is 1. The Morgan fingerprint density at radius 3 is 2.17 bits per heavy atom. The summed E-state index contributed by atoms with van der Waals surface area (Å²) in [5, 5.41) is 0.768. The Labute approximate surface area is 178 Å². The fourth-order valence-corrected chi connectivity index (χ4v) is 3.80. The van der Waals surface area contributed by atoms with E-state index >= 15 is 0 Å². The predicted molar refractivity (Wildman–Crippen MR) is 120 cm³/mol. The fraction of sp³-hybridized carbons (Fsp3) is 0.320. The molecule has 29 heavy (non-hydrogen) atoms. The second-order valence-electron chi connectivity index (χ2n) is 6.94. The quantitative estimate of drug-likeness (QED) is 0.416. The molecule has 0 aliphatic rings. The average Bonchev–Trinajstić information content (AvgIpc) is 2.77. The van der Waals surface area contributed by atoms with Gasteiger partial charge >= 0.3 is 0 Å². The van der Waals surface area contributed by atoms with Crippen LogP contribution in [0.1, 0.15) is 43.0 Å². The van der Waals surface area contributed by atoms with Gasteiger partial charge in [0.15, 0.2) is 0 Å². The molecule has 2 aromatic carbocycles. The first kappa shape index (κ1) is 21.2. The summed E-state index contributed by atoms with van der Waals surface area (Å²) >= 11 is 6.20. The molecular weight excluding hydrogens is 382 g/mol. The normalized spacial score (nSPS) is 10.8. The second kappa shape index (κ2) is 9.80. The molecule has 3 rings (SSSR count). The highest BCUT2D eigenvalue weighted by Gasteiger charge is 2.14. The zero-order valence-corrected chi connectivity index (χ0v) is 18.3. The summed E-state index contributed by atoms with van der Waals surface area (Å²) in [4.78, 5) is 4.75. The van der Waals surface area contributed by atoms with Crippen LogP contribution in [0.4, 0.5) is 0 Å². The molecule has 0 atom stereocenters. The Morgan fingerprint density at radius 1 is 0.862 bits per heavy atom. The molecule has 0 saturated heterocycles. The molecule has 4 heteroatoms. The minimum Gasteiger partial charge on any atom is -0.496 e. The van der Waals surface area contributed by atoms with Gasteiger partial charge in [-0.2, -0.15) is 0 Å². The van der Waals surface area contributed by atoms with Gasteiger partial charge in [0.05, 0.1) is 12.8 Å². The van der Waals surface area contributed by atoms with Gasteiger partial charge in [-0.3, -0.25) is 4.98 Å². The Hall–Kier alpha value is -2.52. The molecule has 0 amide bonds. The third-order valence-electron chi connectivity index (χ3n) is 5.21. The Bertz CT molecular complexity index is 962. The van der Waals surface area contributed by atoms with Gasteiger partial charge in [-0.1, -0.05) is 50.6 Å². The van der Waals surface area contributed by atoms with Crippen LogP contribution in [0, 0.1) is 0 Å². The maximum Gasteiger partial charge on any atom is 0.129 e. The molecule has 0 aliphatic heterocycles. The molecular formula is C25H28ClNO2. The third-order valence-corrected chi connectivity index (χ3v) is 5.58. The lowest BCUT2D eigenvalue weighted by Gasteiger charge is -2.16. The summed E-state index contributed by atoms with van der Waals surface area (Å²) in [6.07, 6.45) is 4.66. The van der Waals surface area contributed by atoms with Crippen molar-refractivity contribution in [2.24, 2.45) is 0 Å². The fourth-order valence-electron chi connectivity index (χ4n) is 3.54. The van der Waals surface area contributed by atoms with Gasteiger partial charge in [-0.05, 0) is 54.2 Å². The highest BCUT2D eigenvalue weighted by atomic mass is 35.5. The van der Waals surface area contributed by atoms with E-state index in [1.165, 1.54) is 16.7 Å². The monoisotopic (exact) mass is 409 g/mol. The van der Waals surface area contributed by atoms with Gasteiger partial charge in [0.2, 0.25) is 0 Å². The number of benzene rings is 2. The Kier molecular flexibility index (Phi) is 7.16. The van der Waals surface area contributed by atoms with Crippen LogP contribution in [0.25, 0.3) is 11.3 Å². The molecule has 0 N–H and O–H groups in total. The van der Waals surface area contributed by atoms with Crippen LogP contribution in [0.3, 0.4) is 0 Å². The molecule has 0 aliphatic carbocycles. The number of aryl methyl sites for hydroxylation is 3. The van der Waals surface area contributed by atoms with Crippen molar-refractivity contribution in [3.05, 3.63) is 75.9 Å². The molecule has 3 aromatic rings. The van der Waals surface area contributed by atoms with Crippen LogP contribution in [0.2, 0.25) is 5.02 Å². The molecule has 1 aromatic heterocycles. The molecule has 152 valence electrons. The minimum absolute atomic E-state index is 0.386.